The quantitative estimate of drug-likeness (QED) is 0.898. The van der Waals surface area contributed by atoms with E-state index in [0.29, 0.717) is 12.5 Å². The summed E-state index contributed by atoms with van der Waals surface area (Å²) in [5.74, 6) is 3.21. The Balaban J connectivity index is 1.62. The predicted molar refractivity (Wildman–Crippen MR) is 85.8 cm³/mol. The molecule has 0 spiro atoms. The van der Waals surface area contributed by atoms with Gasteiger partial charge in [0.1, 0.15) is 5.75 Å². The highest BCUT2D eigenvalue weighted by Gasteiger charge is 2.23. The van der Waals surface area contributed by atoms with Gasteiger partial charge in [-0.3, -0.25) is 4.79 Å². The summed E-state index contributed by atoms with van der Waals surface area (Å²) in [7, 11) is 0. The molecule has 0 aliphatic carbocycles. The second kappa shape index (κ2) is 7.18. The molecule has 0 bridgehead atoms. The van der Waals surface area contributed by atoms with Gasteiger partial charge in [0.15, 0.2) is 0 Å². The zero-order valence-electron chi connectivity index (χ0n) is 12.1. The Morgan fingerprint density at radius 2 is 2.33 bits per heavy atom. The molecule has 2 aliphatic heterocycles. The molecule has 5 heteroatoms. The fourth-order valence-corrected chi connectivity index (χ4v) is 3.85. The lowest BCUT2D eigenvalue weighted by atomic mass is 10.0. The Morgan fingerprint density at radius 3 is 3.19 bits per heavy atom. The summed E-state index contributed by atoms with van der Waals surface area (Å²) in [6.07, 6.45) is 2.47. The first kappa shape index (κ1) is 14.7. The van der Waals surface area contributed by atoms with Crippen molar-refractivity contribution in [1.29, 1.82) is 0 Å². The number of ether oxygens (including phenoxy) is 1. The smallest absolute Gasteiger partial charge is 0.222 e. The molecule has 4 nitrogen and oxygen atoms in total. The van der Waals surface area contributed by atoms with Crippen LogP contribution in [0.3, 0.4) is 0 Å². The molecule has 2 unspecified atom stereocenters. The van der Waals surface area contributed by atoms with E-state index in [9.17, 15) is 4.79 Å². The second-order valence-corrected chi connectivity index (χ2v) is 6.73. The Hall–Kier alpha value is -1.20. The number of para-hydroxylation sites is 1. The molecule has 1 saturated heterocycles. The number of hydrogen-bond acceptors (Lipinski definition) is 4. The predicted octanol–water partition coefficient (Wildman–Crippen LogP) is 2.11. The van der Waals surface area contributed by atoms with E-state index in [2.05, 4.69) is 16.7 Å². The first-order chi connectivity index (χ1) is 10.3. The fourth-order valence-electron chi connectivity index (χ4n) is 2.90. The maximum Gasteiger partial charge on any atom is 0.222 e. The van der Waals surface area contributed by atoms with Crippen molar-refractivity contribution in [3.05, 3.63) is 29.8 Å². The first-order valence-corrected chi connectivity index (χ1v) is 8.80. The summed E-state index contributed by atoms with van der Waals surface area (Å²) in [4.78, 5) is 12.3. The Morgan fingerprint density at radius 1 is 1.43 bits per heavy atom. The highest BCUT2D eigenvalue weighted by molar-refractivity contribution is 7.99. The standard InChI is InChI=1S/C16H22N2O2S/c19-16(10-12-11-21-9-7-17-12)18-14-5-3-8-20-15-6-2-1-4-13(14)15/h1-2,4,6,12,14,17H,3,5,7-11H2,(H,18,19). The number of amides is 1. The summed E-state index contributed by atoms with van der Waals surface area (Å²) in [6.45, 7) is 1.73. The SMILES string of the molecule is O=C(CC1CSCCN1)NC1CCCOc2ccccc21. The third-order valence-corrected chi connectivity index (χ3v) is 5.09. The van der Waals surface area contributed by atoms with E-state index in [0.717, 1.165) is 48.8 Å². The molecule has 0 aromatic heterocycles. The van der Waals surface area contributed by atoms with Crippen LogP contribution in [0, 0.1) is 0 Å². The van der Waals surface area contributed by atoms with Crippen molar-refractivity contribution in [2.75, 3.05) is 24.7 Å². The maximum atomic E-state index is 12.3. The molecule has 114 valence electrons. The third kappa shape index (κ3) is 3.92. The van der Waals surface area contributed by atoms with E-state index in [1.54, 1.807) is 0 Å². The molecular formula is C16H22N2O2S. The van der Waals surface area contributed by atoms with Crippen molar-refractivity contribution in [3.8, 4) is 5.75 Å². The van der Waals surface area contributed by atoms with Crippen molar-refractivity contribution in [1.82, 2.24) is 10.6 Å². The van der Waals surface area contributed by atoms with Gasteiger partial charge in [-0.2, -0.15) is 11.8 Å². The lowest BCUT2D eigenvalue weighted by Gasteiger charge is -2.24. The van der Waals surface area contributed by atoms with Crippen LogP contribution in [0.5, 0.6) is 5.75 Å². The summed E-state index contributed by atoms with van der Waals surface area (Å²) in [5, 5.41) is 6.61. The minimum absolute atomic E-state index is 0.0763. The van der Waals surface area contributed by atoms with Crippen LogP contribution in [-0.2, 0) is 4.79 Å². The van der Waals surface area contributed by atoms with E-state index in [1.807, 2.05) is 30.0 Å². The number of carbonyl (C=O) groups is 1. The third-order valence-electron chi connectivity index (χ3n) is 3.95. The zero-order valence-corrected chi connectivity index (χ0v) is 13.0. The van der Waals surface area contributed by atoms with Gasteiger partial charge in [-0.1, -0.05) is 18.2 Å². The molecule has 1 aromatic rings. The number of rotatable bonds is 3. The zero-order chi connectivity index (χ0) is 14.5. The summed E-state index contributed by atoms with van der Waals surface area (Å²) < 4.78 is 5.74. The van der Waals surface area contributed by atoms with Crippen LogP contribution in [0.4, 0.5) is 0 Å². The molecule has 1 amide bonds. The van der Waals surface area contributed by atoms with Crippen molar-refractivity contribution in [2.24, 2.45) is 0 Å². The number of thioether (sulfide) groups is 1. The number of carbonyl (C=O) groups excluding carboxylic acids is 1. The van der Waals surface area contributed by atoms with Crippen LogP contribution < -0.4 is 15.4 Å². The monoisotopic (exact) mass is 306 g/mol. The summed E-state index contributed by atoms with van der Waals surface area (Å²) in [6, 6.07) is 8.41. The summed E-state index contributed by atoms with van der Waals surface area (Å²) in [5.41, 5.74) is 1.11. The minimum Gasteiger partial charge on any atom is -0.493 e. The molecule has 2 heterocycles. The first-order valence-electron chi connectivity index (χ1n) is 7.65. The van der Waals surface area contributed by atoms with Gasteiger partial charge in [0.05, 0.1) is 12.6 Å². The number of hydrogen-bond donors (Lipinski definition) is 2. The minimum atomic E-state index is 0.0763. The molecule has 0 radical (unpaired) electrons. The average Bonchev–Trinajstić information content (AvgIpc) is 2.71. The van der Waals surface area contributed by atoms with E-state index < -0.39 is 0 Å². The van der Waals surface area contributed by atoms with Crippen molar-refractivity contribution in [2.45, 2.75) is 31.3 Å². The van der Waals surface area contributed by atoms with Crippen LogP contribution in [-0.4, -0.2) is 36.6 Å². The van der Waals surface area contributed by atoms with E-state index in [4.69, 9.17) is 4.74 Å². The van der Waals surface area contributed by atoms with Gasteiger partial charge in [-0.05, 0) is 18.9 Å². The molecule has 3 rings (SSSR count). The number of benzene rings is 1. The molecule has 0 saturated carbocycles. The van der Waals surface area contributed by atoms with Gasteiger partial charge >= 0.3 is 0 Å². The highest BCUT2D eigenvalue weighted by Crippen LogP contribution is 2.31. The summed E-state index contributed by atoms with van der Waals surface area (Å²) >= 11 is 1.92. The average molecular weight is 306 g/mol. The maximum absolute atomic E-state index is 12.3. The molecule has 2 N–H and O–H groups in total. The number of fused-ring (bicyclic) bond motifs is 1. The van der Waals surface area contributed by atoms with Crippen molar-refractivity contribution in [3.63, 3.8) is 0 Å². The molecular weight excluding hydrogens is 284 g/mol. The normalized spacial score (nSPS) is 25.3. The van der Waals surface area contributed by atoms with Crippen LogP contribution in [0.1, 0.15) is 30.9 Å². The fraction of sp³-hybridized carbons (Fsp3) is 0.562. The van der Waals surface area contributed by atoms with Gasteiger partial charge in [-0.15, -0.1) is 0 Å². The molecule has 2 atom stereocenters. The lowest BCUT2D eigenvalue weighted by molar-refractivity contribution is -0.122. The highest BCUT2D eigenvalue weighted by atomic mass is 32.2. The lowest BCUT2D eigenvalue weighted by Crippen LogP contribution is -2.42. The van der Waals surface area contributed by atoms with Crippen LogP contribution in [0.2, 0.25) is 0 Å². The Labute approximate surface area is 130 Å². The van der Waals surface area contributed by atoms with Gasteiger partial charge in [0.25, 0.3) is 0 Å². The van der Waals surface area contributed by atoms with Crippen molar-refractivity contribution < 1.29 is 9.53 Å². The molecule has 2 aliphatic rings. The molecule has 21 heavy (non-hydrogen) atoms. The number of nitrogens with one attached hydrogen (secondary N) is 2. The van der Waals surface area contributed by atoms with Crippen LogP contribution >= 0.6 is 11.8 Å². The van der Waals surface area contributed by atoms with Gasteiger partial charge in [0, 0.05) is 36.1 Å². The molecule has 1 aromatic carbocycles. The second-order valence-electron chi connectivity index (χ2n) is 5.58. The Kier molecular flexibility index (Phi) is 5.04. The van der Waals surface area contributed by atoms with Crippen LogP contribution in [0.25, 0.3) is 0 Å². The van der Waals surface area contributed by atoms with Crippen LogP contribution in [0.15, 0.2) is 24.3 Å². The van der Waals surface area contributed by atoms with E-state index in [1.165, 1.54) is 0 Å². The van der Waals surface area contributed by atoms with Gasteiger partial charge in [0.2, 0.25) is 5.91 Å². The van der Waals surface area contributed by atoms with Crippen molar-refractivity contribution >= 4 is 17.7 Å². The van der Waals surface area contributed by atoms with E-state index in [-0.39, 0.29) is 11.9 Å². The topological polar surface area (TPSA) is 50.4 Å². The Bertz CT molecular complexity index is 489. The molecule has 1 fully saturated rings. The van der Waals surface area contributed by atoms with Gasteiger partial charge in [-0.25, -0.2) is 0 Å². The van der Waals surface area contributed by atoms with Gasteiger partial charge < -0.3 is 15.4 Å². The largest absolute Gasteiger partial charge is 0.493 e. The van der Waals surface area contributed by atoms with E-state index >= 15 is 0 Å².